The van der Waals surface area contributed by atoms with E-state index in [1.54, 1.807) is 13.8 Å². The second-order valence-corrected chi connectivity index (χ2v) is 5.62. The van der Waals surface area contributed by atoms with Crippen molar-refractivity contribution in [2.24, 2.45) is 5.92 Å². The van der Waals surface area contributed by atoms with E-state index in [-0.39, 0.29) is 11.8 Å². The molecule has 1 amide bonds. The summed E-state index contributed by atoms with van der Waals surface area (Å²) in [6.07, 6.45) is 0. The lowest BCUT2D eigenvalue weighted by atomic mass is 10.1. The predicted molar refractivity (Wildman–Crippen MR) is 79.2 cm³/mol. The van der Waals surface area contributed by atoms with Crippen LogP contribution in [-0.4, -0.2) is 27.4 Å². The SMILES string of the molecule is Cc1cc(C)n(C[C@H](C)CNC(=O)c2c(C)noc2C)n1. The Morgan fingerprint density at radius 2 is 2.10 bits per heavy atom. The van der Waals surface area contributed by atoms with Crippen LogP contribution in [0.25, 0.3) is 0 Å². The maximum Gasteiger partial charge on any atom is 0.256 e. The van der Waals surface area contributed by atoms with Crippen LogP contribution >= 0.6 is 0 Å². The van der Waals surface area contributed by atoms with E-state index < -0.39 is 0 Å². The van der Waals surface area contributed by atoms with Crippen LogP contribution in [0.5, 0.6) is 0 Å². The van der Waals surface area contributed by atoms with Crippen molar-refractivity contribution in [2.75, 3.05) is 6.54 Å². The number of aromatic nitrogens is 3. The van der Waals surface area contributed by atoms with Crippen molar-refractivity contribution in [1.82, 2.24) is 20.3 Å². The van der Waals surface area contributed by atoms with E-state index in [1.807, 2.05) is 18.5 Å². The van der Waals surface area contributed by atoms with Gasteiger partial charge >= 0.3 is 0 Å². The van der Waals surface area contributed by atoms with Crippen LogP contribution in [0.2, 0.25) is 0 Å². The first-order valence-electron chi connectivity index (χ1n) is 7.10. The minimum absolute atomic E-state index is 0.133. The van der Waals surface area contributed by atoms with E-state index in [4.69, 9.17) is 4.52 Å². The third-order valence-electron chi connectivity index (χ3n) is 3.46. The summed E-state index contributed by atoms with van der Waals surface area (Å²) in [6.45, 7) is 11.0. The molecule has 0 fully saturated rings. The average molecular weight is 290 g/mol. The molecular formula is C15H22N4O2. The largest absolute Gasteiger partial charge is 0.361 e. The second-order valence-electron chi connectivity index (χ2n) is 5.62. The Morgan fingerprint density at radius 1 is 1.38 bits per heavy atom. The lowest BCUT2D eigenvalue weighted by Crippen LogP contribution is -2.30. The van der Waals surface area contributed by atoms with Crippen molar-refractivity contribution >= 4 is 5.91 Å². The number of rotatable bonds is 5. The molecule has 0 unspecified atom stereocenters. The Kier molecular flexibility index (Phi) is 4.45. The zero-order valence-corrected chi connectivity index (χ0v) is 13.2. The highest BCUT2D eigenvalue weighted by atomic mass is 16.5. The van der Waals surface area contributed by atoms with Gasteiger partial charge in [0.1, 0.15) is 11.3 Å². The van der Waals surface area contributed by atoms with Crippen LogP contribution in [0.15, 0.2) is 10.6 Å². The highest BCUT2D eigenvalue weighted by molar-refractivity contribution is 5.96. The van der Waals surface area contributed by atoms with Gasteiger partial charge in [-0.05, 0) is 39.7 Å². The van der Waals surface area contributed by atoms with E-state index >= 15 is 0 Å². The number of aryl methyl sites for hydroxylation is 4. The van der Waals surface area contributed by atoms with Crippen molar-refractivity contribution in [3.05, 3.63) is 34.5 Å². The molecule has 0 saturated heterocycles. The number of amides is 1. The minimum atomic E-state index is -0.133. The van der Waals surface area contributed by atoms with Crippen LogP contribution in [0.4, 0.5) is 0 Å². The molecule has 2 aromatic rings. The van der Waals surface area contributed by atoms with Gasteiger partial charge in [-0.25, -0.2) is 0 Å². The Morgan fingerprint density at radius 3 is 2.62 bits per heavy atom. The van der Waals surface area contributed by atoms with Gasteiger partial charge in [-0.3, -0.25) is 9.48 Å². The summed E-state index contributed by atoms with van der Waals surface area (Å²) in [7, 11) is 0. The normalized spacial score (nSPS) is 12.4. The summed E-state index contributed by atoms with van der Waals surface area (Å²) in [5.41, 5.74) is 3.31. The van der Waals surface area contributed by atoms with E-state index in [0.29, 0.717) is 23.6 Å². The van der Waals surface area contributed by atoms with E-state index in [9.17, 15) is 4.79 Å². The molecular weight excluding hydrogens is 268 g/mol. The van der Waals surface area contributed by atoms with Crippen molar-refractivity contribution in [2.45, 2.75) is 41.2 Å². The van der Waals surface area contributed by atoms with E-state index in [1.165, 1.54) is 0 Å². The van der Waals surface area contributed by atoms with Crippen molar-refractivity contribution in [1.29, 1.82) is 0 Å². The second kappa shape index (κ2) is 6.11. The highest BCUT2D eigenvalue weighted by Crippen LogP contribution is 2.12. The molecule has 1 atom stereocenters. The third kappa shape index (κ3) is 3.51. The predicted octanol–water partition coefficient (Wildman–Crippen LogP) is 2.17. The van der Waals surface area contributed by atoms with Gasteiger partial charge in [-0.15, -0.1) is 0 Å². The summed E-state index contributed by atoms with van der Waals surface area (Å²) in [4.78, 5) is 12.1. The Bertz CT molecular complexity index is 623. The van der Waals surface area contributed by atoms with E-state index in [0.717, 1.165) is 17.9 Å². The summed E-state index contributed by atoms with van der Waals surface area (Å²) in [5.74, 6) is 0.704. The molecule has 0 spiro atoms. The van der Waals surface area contributed by atoms with Crippen molar-refractivity contribution in [3.8, 4) is 0 Å². The number of nitrogens with one attached hydrogen (secondary N) is 1. The quantitative estimate of drug-likeness (QED) is 0.916. The molecule has 0 radical (unpaired) electrons. The monoisotopic (exact) mass is 290 g/mol. The molecule has 2 rings (SSSR count). The lowest BCUT2D eigenvalue weighted by Gasteiger charge is -2.14. The Labute approximate surface area is 124 Å². The molecule has 0 aliphatic rings. The molecule has 2 heterocycles. The molecule has 0 aromatic carbocycles. The summed E-state index contributed by atoms with van der Waals surface area (Å²) < 4.78 is 6.99. The molecule has 6 heteroatoms. The summed E-state index contributed by atoms with van der Waals surface area (Å²) >= 11 is 0. The maximum atomic E-state index is 12.1. The fourth-order valence-corrected chi connectivity index (χ4v) is 2.38. The molecule has 0 bridgehead atoms. The fraction of sp³-hybridized carbons (Fsp3) is 0.533. The number of hydrogen-bond acceptors (Lipinski definition) is 4. The van der Waals surface area contributed by atoms with Crippen LogP contribution in [0.3, 0.4) is 0 Å². The molecule has 114 valence electrons. The van der Waals surface area contributed by atoms with E-state index in [2.05, 4.69) is 28.6 Å². The standard InChI is InChI=1S/C15H22N4O2/c1-9(8-19-11(3)6-10(2)17-19)7-16-15(20)14-12(4)18-21-13(14)5/h6,9H,7-8H2,1-5H3,(H,16,20)/t9-/m1/s1. The number of carbonyl (C=O) groups excluding carboxylic acids is 1. The lowest BCUT2D eigenvalue weighted by molar-refractivity contribution is 0.0944. The van der Waals surface area contributed by atoms with Gasteiger partial charge in [-0.1, -0.05) is 12.1 Å². The van der Waals surface area contributed by atoms with Crippen molar-refractivity contribution in [3.63, 3.8) is 0 Å². The zero-order chi connectivity index (χ0) is 15.6. The highest BCUT2D eigenvalue weighted by Gasteiger charge is 2.18. The van der Waals surface area contributed by atoms with Crippen LogP contribution in [-0.2, 0) is 6.54 Å². The third-order valence-corrected chi connectivity index (χ3v) is 3.46. The molecule has 21 heavy (non-hydrogen) atoms. The molecule has 0 aliphatic carbocycles. The number of nitrogens with zero attached hydrogens (tertiary/aromatic N) is 3. The Balaban J connectivity index is 1.91. The zero-order valence-electron chi connectivity index (χ0n) is 13.2. The molecule has 0 aliphatic heterocycles. The summed E-state index contributed by atoms with van der Waals surface area (Å²) in [5, 5.41) is 11.2. The van der Waals surface area contributed by atoms with Crippen LogP contribution < -0.4 is 5.32 Å². The smallest absolute Gasteiger partial charge is 0.256 e. The molecule has 2 aromatic heterocycles. The van der Waals surface area contributed by atoms with Gasteiger partial charge in [0.05, 0.1) is 11.4 Å². The van der Waals surface area contributed by atoms with Crippen molar-refractivity contribution < 1.29 is 9.32 Å². The van der Waals surface area contributed by atoms with Gasteiger partial charge in [0.25, 0.3) is 5.91 Å². The average Bonchev–Trinajstić information content (AvgIpc) is 2.89. The fourth-order valence-electron chi connectivity index (χ4n) is 2.38. The van der Waals surface area contributed by atoms with Gasteiger partial charge in [0.15, 0.2) is 0 Å². The molecule has 0 saturated carbocycles. The van der Waals surface area contributed by atoms with Gasteiger partial charge in [0.2, 0.25) is 0 Å². The molecule has 6 nitrogen and oxygen atoms in total. The topological polar surface area (TPSA) is 73.0 Å². The van der Waals surface area contributed by atoms with Crippen LogP contribution in [0.1, 0.15) is 40.1 Å². The number of hydrogen-bond donors (Lipinski definition) is 1. The first-order valence-corrected chi connectivity index (χ1v) is 7.10. The van der Waals surface area contributed by atoms with Gasteiger partial charge in [0, 0.05) is 18.8 Å². The Hall–Kier alpha value is -2.11. The maximum absolute atomic E-state index is 12.1. The minimum Gasteiger partial charge on any atom is -0.361 e. The van der Waals surface area contributed by atoms with Gasteiger partial charge < -0.3 is 9.84 Å². The van der Waals surface area contributed by atoms with Gasteiger partial charge in [-0.2, -0.15) is 5.10 Å². The summed E-state index contributed by atoms with van der Waals surface area (Å²) in [6, 6.07) is 2.05. The number of carbonyl (C=O) groups is 1. The molecule has 1 N–H and O–H groups in total. The van der Waals surface area contributed by atoms with Crippen LogP contribution in [0, 0.1) is 33.6 Å². The first kappa shape index (κ1) is 15.3. The first-order chi connectivity index (χ1) is 9.88.